The summed E-state index contributed by atoms with van der Waals surface area (Å²) in [6.07, 6.45) is -0.693. The van der Waals surface area contributed by atoms with Crippen LogP contribution in [0, 0.1) is 5.82 Å². The molecule has 5 nitrogen and oxygen atoms in total. The molecule has 2 N–H and O–H groups in total. The maximum atomic E-state index is 13.9. The van der Waals surface area contributed by atoms with Gasteiger partial charge in [0.05, 0.1) is 22.9 Å². The Bertz CT molecular complexity index is 668. The van der Waals surface area contributed by atoms with Crippen LogP contribution >= 0.6 is 11.3 Å². The highest BCUT2D eigenvalue weighted by atomic mass is 32.1. The van der Waals surface area contributed by atoms with Crippen molar-refractivity contribution in [1.82, 2.24) is 4.98 Å². The maximum absolute atomic E-state index is 13.9. The van der Waals surface area contributed by atoms with Gasteiger partial charge in [0.2, 0.25) is 0 Å². The first-order chi connectivity index (χ1) is 10.7. The Morgan fingerprint density at radius 1 is 1.39 bits per heavy atom. The number of ether oxygens (including phenoxy) is 1. The Hall–Kier alpha value is -2.15. The number of carbonyl (C=O) groups excluding carboxylic acids is 1. The van der Waals surface area contributed by atoms with Crippen molar-refractivity contribution in [3.05, 3.63) is 40.6 Å². The number of thiazole rings is 1. The van der Waals surface area contributed by atoms with Gasteiger partial charge in [-0.3, -0.25) is 5.32 Å². The number of nitrogens with one attached hydrogen (secondary N) is 2. The highest BCUT2D eigenvalue weighted by molar-refractivity contribution is 7.07. The average Bonchev–Trinajstić information content (AvgIpc) is 2.94. The molecule has 0 aliphatic heterocycles. The van der Waals surface area contributed by atoms with Gasteiger partial charge in [0.1, 0.15) is 11.4 Å². The van der Waals surface area contributed by atoms with Gasteiger partial charge in [0, 0.05) is 11.1 Å². The molecule has 1 atom stereocenters. The van der Waals surface area contributed by atoms with Crippen LogP contribution in [0.2, 0.25) is 0 Å². The molecule has 0 aliphatic rings. The van der Waals surface area contributed by atoms with E-state index in [-0.39, 0.29) is 11.7 Å². The first-order valence-electron chi connectivity index (χ1n) is 7.19. The number of carbonyl (C=O) groups is 1. The second-order valence-corrected chi connectivity index (χ2v) is 6.82. The fourth-order valence-corrected chi connectivity index (χ4v) is 2.53. The topological polar surface area (TPSA) is 63.2 Å². The number of rotatable bonds is 4. The summed E-state index contributed by atoms with van der Waals surface area (Å²) < 4.78 is 19.0. The quantitative estimate of drug-likeness (QED) is 0.841. The van der Waals surface area contributed by atoms with Gasteiger partial charge in [-0.05, 0) is 45.9 Å². The van der Waals surface area contributed by atoms with E-state index in [1.54, 1.807) is 32.3 Å². The molecule has 1 aromatic carbocycles. The van der Waals surface area contributed by atoms with Gasteiger partial charge in [0.25, 0.3) is 0 Å². The highest BCUT2D eigenvalue weighted by Gasteiger charge is 2.18. The summed E-state index contributed by atoms with van der Waals surface area (Å²) in [4.78, 5) is 16.0. The van der Waals surface area contributed by atoms with E-state index in [2.05, 4.69) is 15.6 Å². The molecule has 2 rings (SSSR count). The number of benzene rings is 1. The largest absolute Gasteiger partial charge is 0.444 e. The molecule has 1 unspecified atom stereocenters. The van der Waals surface area contributed by atoms with E-state index in [0.29, 0.717) is 5.69 Å². The van der Waals surface area contributed by atoms with Crippen molar-refractivity contribution < 1.29 is 13.9 Å². The van der Waals surface area contributed by atoms with Crippen LogP contribution in [0.15, 0.2) is 29.1 Å². The molecule has 0 radical (unpaired) electrons. The molecule has 1 aromatic heterocycles. The number of nitrogens with zero attached hydrogens (tertiary/aromatic N) is 1. The summed E-state index contributed by atoms with van der Waals surface area (Å²) >= 11 is 1.51. The predicted octanol–water partition coefficient (Wildman–Crippen LogP) is 4.80. The molecule has 0 saturated carbocycles. The molecular weight excluding hydrogens is 317 g/mol. The number of amides is 1. The lowest BCUT2D eigenvalue weighted by molar-refractivity contribution is 0.0635. The van der Waals surface area contributed by atoms with E-state index in [0.717, 1.165) is 5.69 Å². The number of aromatic nitrogens is 1. The zero-order valence-corrected chi connectivity index (χ0v) is 14.3. The van der Waals surface area contributed by atoms with Crippen molar-refractivity contribution in [3.8, 4) is 0 Å². The molecule has 0 fully saturated rings. The van der Waals surface area contributed by atoms with E-state index >= 15 is 0 Å². The Kier molecular flexibility index (Phi) is 5.20. The fraction of sp³-hybridized carbons (Fsp3) is 0.375. The zero-order valence-electron chi connectivity index (χ0n) is 13.5. The minimum atomic E-state index is -0.693. The van der Waals surface area contributed by atoms with Gasteiger partial charge in [0.15, 0.2) is 0 Å². The van der Waals surface area contributed by atoms with Crippen molar-refractivity contribution in [2.45, 2.75) is 39.3 Å². The summed E-state index contributed by atoms with van der Waals surface area (Å²) in [5.41, 5.74) is 2.76. The molecular formula is C16H20FN3O2S. The van der Waals surface area contributed by atoms with E-state index < -0.39 is 17.5 Å². The molecule has 124 valence electrons. The lowest BCUT2D eigenvalue weighted by Crippen LogP contribution is -2.27. The smallest absolute Gasteiger partial charge is 0.412 e. The summed E-state index contributed by atoms with van der Waals surface area (Å²) in [5, 5.41) is 7.59. The van der Waals surface area contributed by atoms with E-state index in [4.69, 9.17) is 4.74 Å². The zero-order chi connectivity index (χ0) is 17.0. The standard InChI is InChI=1S/C16H20FN3O2S/c1-10(14-8-23-9-18-14)19-11-5-6-12(17)13(7-11)20-15(21)22-16(2,3)4/h5-10,19H,1-4H3,(H,20,21). The Morgan fingerprint density at radius 2 is 2.13 bits per heavy atom. The Labute approximate surface area is 138 Å². The summed E-state index contributed by atoms with van der Waals surface area (Å²) in [7, 11) is 0. The van der Waals surface area contributed by atoms with E-state index in [9.17, 15) is 9.18 Å². The molecule has 7 heteroatoms. The fourth-order valence-electron chi connectivity index (χ4n) is 1.88. The second-order valence-electron chi connectivity index (χ2n) is 6.10. The number of halogens is 1. The molecule has 0 spiro atoms. The third-order valence-electron chi connectivity index (χ3n) is 2.88. The van der Waals surface area contributed by atoms with Crippen LogP contribution in [0.1, 0.15) is 39.4 Å². The van der Waals surface area contributed by atoms with Crippen molar-refractivity contribution in [2.75, 3.05) is 10.6 Å². The molecule has 0 aliphatic carbocycles. The van der Waals surface area contributed by atoms with Gasteiger partial charge < -0.3 is 10.1 Å². The lowest BCUT2D eigenvalue weighted by atomic mass is 10.2. The number of hydrogen-bond acceptors (Lipinski definition) is 5. The molecule has 0 saturated heterocycles. The van der Waals surface area contributed by atoms with Crippen molar-refractivity contribution in [3.63, 3.8) is 0 Å². The van der Waals surface area contributed by atoms with Crippen LogP contribution in [0.3, 0.4) is 0 Å². The van der Waals surface area contributed by atoms with Crippen LogP contribution in [0.4, 0.5) is 20.6 Å². The summed E-state index contributed by atoms with van der Waals surface area (Å²) in [5.74, 6) is -0.525. The molecule has 0 bridgehead atoms. The lowest BCUT2D eigenvalue weighted by Gasteiger charge is -2.20. The molecule has 1 heterocycles. The minimum absolute atomic E-state index is 0.0268. The van der Waals surface area contributed by atoms with Gasteiger partial charge in [-0.15, -0.1) is 11.3 Å². The molecule has 1 amide bonds. The highest BCUT2D eigenvalue weighted by Crippen LogP contribution is 2.24. The summed E-state index contributed by atoms with van der Waals surface area (Å²) in [6.45, 7) is 7.20. The Morgan fingerprint density at radius 3 is 2.74 bits per heavy atom. The average molecular weight is 337 g/mol. The van der Waals surface area contributed by atoms with Gasteiger partial charge >= 0.3 is 6.09 Å². The maximum Gasteiger partial charge on any atom is 0.412 e. The van der Waals surface area contributed by atoms with Crippen molar-refractivity contribution in [2.24, 2.45) is 0 Å². The van der Waals surface area contributed by atoms with Gasteiger partial charge in [-0.2, -0.15) is 0 Å². The molecule has 23 heavy (non-hydrogen) atoms. The first-order valence-corrected chi connectivity index (χ1v) is 8.13. The van der Waals surface area contributed by atoms with E-state index in [1.165, 1.54) is 23.5 Å². The third kappa shape index (κ3) is 5.21. The van der Waals surface area contributed by atoms with Crippen LogP contribution in [-0.2, 0) is 4.74 Å². The third-order valence-corrected chi connectivity index (χ3v) is 3.48. The molecule has 2 aromatic rings. The van der Waals surface area contributed by atoms with Crippen LogP contribution in [-0.4, -0.2) is 16.7 Å². The first kappa shape index (κ1) is 17.2. The van der Waals surface area contributed by atoms with Crippen LogP contribution in [0.25, 0.3) is 0 Å². The van der Waals surface area contributed by atoms with Gasteiger partial charge in [-0.1, -0.05) is 0 Å². The summed E-state index contributed by atoms with van der Waals surface area (Å²) in [6, 6.07) is 4.41. The second kappa shape index (κ2) is 6.95. The van der Waals surface area contributed by atoms with Crippen molar-refractivity contribution >= 4 is 28.8 Å². The predicted molar refractivity (Wildman–Crippen MR) is 90.4 cm³/mol. The minimum Gasteiger partial charge on any atom is -0.444 e. The SMILES string of the molecule is CC(Nc1ccc(F)c(NC(=O)OC(C)(C)C)c1)c1cscn1. The van der Waals surface area contributed by atoms with Crippen LogP contribution in [0.5, 0.6) is 0 Å². The van der Waals surface area contributed by atoms with Gasteiger partial charge in [-0.25, -0.2) is 14.2 Å². The monoisotopic (exact) mass is 337 g/mol. The number of hydrogen-bond donors (Lipinski definition) is 2. The van der Waals surface area contributed by atoms with Crippen LogP contribution < -0.4 is 10.6 Å². The van der Waals surface area contributed by atoms with Crippen molar-refractivity contribution in [1.29, 1.82) is 0 Å². The normalized spacial score (nSPS) is 12.6. The number of anilines is 2. The van der Waals surface area contributed by atoms with E-state index in [1.807, 2.05) is 12.3 Å². The Balaban J connectivity index is 2.08.